The number of rotatable bonds is 5. The predicted octanol–water partition coefficient (Wildman–Crippen LogP) is 3.46. The zero-order valence-corrected chi connectivity index (χ0v) is 17.7. The van der Waals surface area contributed by atoms with Gasteiger partial charge in [0.15, 0.2) is 5.75 Å². The number of guanidine groups is 1. The summed E-state index contributed by atoms with van der Waals surface area (Å²) in [6.45, 7) is -3.21. The van der Waals surface area contributed by atoms with Crippen LogP contribution in [0.4, 0.5) is 14.5 Å². The van der Waals surface area contributed by atoms with Gasteiger partial charge in [-0.05, 0) is 24.3 Å². The van der Waals surface area contributed by atoms with Crippen molar-refractivity contribution < 1.29 is 23.1 Å². The van der Waals surface area contributed by atoms with Crippen molar-refractivity contribution in [2.45, 2.75) is 6.61 Å². The third kappa shape index (κ3) is 5.07. The van der Waals surface area contributed by atoms with Crippen LogP contribution in [0.5, 0.6) is 5.75 Å². The van der Waals surface area contributed by atoms with E-state index < -0.39 is 24.2 Å². The molecule has 0 saturated carbocycles. The summed E-state index contributed by atoms with van der Waals surface area (Å²) in [5, 5.41) is 9.63. The van der Waals surface area contributed by atoms with E-state index in [4.69, 9.17) is 34.8 Å². The van der Waals surface area contributed by atoms with E-state index in [1.54, 1.807) is 7.05 Å². The molecule has 0 atom stereocenters. The SMILES string of the molecule is CN1NNN=C1NC(=O)c1ccc(OC(F)F)c(NC(=O)c2c(Cl)cccc2Cl)c1Cl. The number of hydrazine groups is 2. The summed E-state index contributed by atoms with van der Waals surface area (Å²) >= 11 is 18.3. The number of hydrogen-bond donors (Lipinski definition) is 4. The van der Waals surface area contributed by atoms with Gasteiger partial charge in [0.05, 0.1) is 26.2 Å². The molecule has 1 aliphatic heterocycles. The van der Waals surface area contributed by atoms with Crippen molar-refractivity contribution in [3.05, 3.63) is 56.5 Å². The Kier molecular flexibility index (Phi) is 7.01. The van der Waals surface area contributed by atoms with Crippen LogP contribution >= 0.6 is 34.8 Å². The highest BCUT2D eigenvalue weighted by Crippen LogP contribution is 2.37. The van der Waals surface area contributed by atoms with Crippen LogP contribution in [-0.4, -0.2) is 36.4 Å². The van der Waals surface area contributed by atoms with Gasteiger partial charge in [0.1, 0.15) is 5.69 Å². The van der Waals surface area contributed by atoms with Crippen molar-refractivity contribution in [3.8, 4) is 5.75 Å². The third-order valence-corrected chi connectivity index (χ3v) is 4.94. The maximum absolute atomic E-state index is 12.9. The monoisotopic (exact) mass is 492 g/mol. The van der Waals surface area contributed by atoms with Gasteiger partial charge in [-0.25, -0.2) is 5.53 Å². The number of carbonyl (C=O) groups is 2. The minimum absolute atomic E-state index is 0.0219. The molecule has 0 aliphatic carbocycles. The summed E-state index contributed by atoms with van der Waals surface area (Å²) in [5.41, 5.74) is 4.38. The number of anilines is 1. The highest BCUT2D eigenvalue weighted by atomic mass is 35.5. The van der Waals surface area contributed by atoms with Crippen LogP contribution in [0, 0.1) is 0 Å². The molecule has 4 N–H and O–H groups in total. The number of halogens is 5. The highest BCUT2D eigenvalue weighted by Gasteiger charge is 2.25. The quantitative estimate of drug-likeness (QED) is 0.508. The smallest absolute Gasteiger partial charge is 0.387 e. The Hall–Kier alpha value is -2.86. The summed E-state index contributed by atoms with van der Waals surface area (Å²) < 4.78 is 30.1. The molecule has 0 bridgehead atoms. The summed E-state index contributed by atoms with van der Waals surface area (Å²) in [4.78, 5) is 25.3. The van der Waals surface area contributed by atoms with Crippen molar-refractivity contribution in [2.24, 2.45) is 5.10 Å². The summed E-state index contributed by atoms with van der Waals surface area (Å²) in [7, 11) is 1.57. The molecule has 0 unspecified atom stereocenters. The van der Waals surface area contributed by atoms with E-state index in [0.29, 0.717) is 0 Å². The number of benzene rings is 2. The summed E-state index contributed by atoms with van der Waals surface area (Å²) in [5.74, 6) is -1.92. The number of alkyl halides is 2. The van der Waals surface area contributed by atoms with Crippen molar-refractivity contribution in [1.29, 1.82) is 0 Å². The molecule has 0 saturated heterocycles. The molecule has 14 heteroatoms. The lowest BCUT2D eigenvalue weighted by Gasteiger charge is -2.17. The standard InChI is InChI=1S/C17H13Cl3F2N6O3/c1-28-17(25-26-27-28)24-14(29)7-5-6-10(31-16(21)22)13(12(7)20)23-15(30)11-8(18)3-2-4-9(11)19/h2-6,16,26-27H,1H3,(H,23,30)(H,24,25,29). The number of nitrogens with zero attached hydrogens (tertiary/aromatic N) is 2. The van der Waals surface area contributed by atoms with Crippen LogP contribution in [0.15, 0.2) is 35.4 Å². The molecular formula is C17H13Cl3F2N6O3. The molecule has 0 spiro atoms. The molecule has 31 heavy (non-hydrogen) atoms. The molecule has 2 aromatic carbocycles. The van der Waals surface area contributed by atoms with E-state index in [1.807, 2.05) is 0 Å². The van der Waals surface area contributed by atoms with Crippen molar-refractivity contribution in [2.75, 3.05) is 12.4 Å². The van der Waals surface area contributed by atoms with E-state index in [0.717, 1.165) is 12.1 Å². The van der Waals surface area contributed by atoms with Gasteiger partial charge in [-0.1, -0.05) is 40.9 Å². The van der Waals surface area contributed by atoms with E-state index in [-0.39, 0.29) is 37.8 Å². The molecule has 1 aliphatic rings. The maximum Gasteiger partial charge on any atom is 0.387 e. The van der Waals surface area contributed by atoms with Gasteiger partial charge in [0.25, 0.3) is 11.8 Å². The first-order valence-electron chi connectivity index (χ1n) is 8.35. The average molecular weight is 494 g/mol. The lowest BCUT2D eigenvalue weighted by atomic mass is 10.1. The van der Waals surface area contributed by atoms with Crippen molar-refractivity contribution in [3.63, 3.8) is 0 Å². The zero-order valence-electron chi connectivity index (χ0n) is 15.5. The number of ether oxygens (including phenoxy) is 1. The minimum atomic E-state index is -3.21. The lowest BCUT2D eigenvalue weighted by Crippen LogP contribution is -2.45. The third-order valence-electron chi connectivity index (χ3n) is 3.92. The normalized spacial score (nSPS) is 13.0. The van der Waals surface area contributed by atoms with Crippen molar-refractivity contribution >= 4 is 58.3 Å². The second kappa shape index (κ2) is 9.52. The van der Waals surface area contributed by atoms with Crippen LogP contribution in [0.3, 0.4) is 0 Å². The lowest BCUT2D eigenvalue weighted by molar-refractivity contribution is -0.0493. The molecule has 2 aromatic rings. The second-order valence-electron chi connectivity index (χ2n) is 5.90. The van der Waals surface area contributed by atoms with E-state index >= 15 is 0 Å². The topological polar surface area (TPSA) is 107 Å². The molecule has 3 rings (SSSR count). The van der Waals surface area contributed by atoms with E-state index in [2.05, 4.69) is 31.5 Å². The largest absolute Gasteiger partial charge is 0.433 e. The number of amides is 2. The Morgan fingerprint density at radius 1 is 1.10 bits per heavy atom. The Balaban J connectivity index is 1.97. The molecule has 1 heterocycles. The second-order valence-corrected chi connectivity index (χ2v) is 7.09. The molecular weight excluding hydrogens is 481 g/mol. The predicted molar refractivity (Wildman–Crippen MR) is 111 cm³/mol. The number of hydrogen-bond acceptors (Lipinski definition) is 7. The van der Waals surface area contributed by atoms with Crippen LogP contribution in [-0.2, 0) is 0 Å². The van der Waals surface area contributed by atoms with Crippen LogP contribution in [0.25, 0.3) is 0 Å². The minimum Gasteiger partial charge on any atom is -0.433 e. The number of carbonyl (C=O) groups excluding carboxylic acids is 2. The molecule has 164 valence electrons. The van der Waals surface area contributed by atoms with Gasteiger partial charge in [-0.2, -0.15) is 8.78 Å². The number of nitrogens with one attached hydrogen (secondary N) is 4. The van der Waals surface area contributed by atoms with Gasteiger partial charge < -0.3 is 10.1 Å². The highest BCUT2D eigenvalue weighted by molar-refractivity contribution is 6.41. The maximum atomic E-state index is 12.9. The molecule has 0 aromatic heterocycles. The van der Waals surface area contributed by atoms with Crippen LogP contribution in [0.1, 0.15) is 20.7 Å². The van der Waals surface area contributed by atoms with Crippen molar-refractivity contribution in [1.82, 2.24) is 21.4 Å². The number of hydrazone groups is 1. The van der Waals surface area contributed by atoms with E-state index in [9.17, 15) is 18.4 Å². The van der Waals surface area contributed by atoms with Gasteiger partial charge in [0, 0.05) is 7.05 Å². The first kappa shape index (κ1) is 22.8. The van der Waals surface area contributed by atoms with Gasteiger partial charge in [-0.15, -0.1) is 10.6 Å². The molecule has 0 radical (unpaired) electrons. The van der Waals surface area contributed by atoms with Crippen LogP contribution < -0.4 is 26.4 Å². The summed E-state index contributed by atoms with van der Waals surface area (Å²) in [6.07, 6.45) is 0. The summed E-state index contributed by atoms with van der Waals surface area (Å²) in [6, 6.07) is 6.59. The fourth-order valence-electron chi connectivity index (χ4n) is 2.50. The van der Waals surface area contributed by atoms with Gasteiger partial charge in [-0.3, -0.25) is 19.9 Å². The average Bonchev–Trinajstić information content (AvgIpc) is 3.08. The fourth-order valence-corrected chi connectivity index (χ4v) is 3.36. The zero-order chi connectivity index (χ0) is 22.7. The molecule has 2 amide bonds. The van der Waals surface area contributed by atoms with Crippen LogP contribution in [0.2, 0.25) is 15.1 Å². The van der Waals surface area contributed by atoms with E-state index in [1.165, 1.54) is 23.2 Å². The Bertz CT molecular complexity index is 1050. The van der Waals surface area contributed by atoms with Gasteiger partial charge in [0.2, 0.25) is 5.96 Å². The first-order chi connectivity index (χ1) is 14.7. The first-order valence-corrected chi connectivity index (χ1v) is 9.48. The molecule has 9 nitrogen and oxygen atoms in total. The Labute approximate surface area is 189 Å². The van der Waals surface area contributed by atoms with Gasteiger partial charge >= 0.3 is 6.61 Å². The fraction of sp³-hybridized carbons (Fsp3) is 0.118. The molecule has 0 fully saturated rings. The Morgan fingerprint density at radius 3 is 2.35 bits per heavy atom. The Morgan fingerprint density at radius 2 is 1.77 bits per heavy atom.